The first-order chi connectivity index (χ1) is 5.84. The Kier molecular flexibility index (Phi) is 4.67. The van der Waals surface area contributed by atoms with E-state index in [1.807, 2.05) is 0 Å². The van der Waals surface area contributed by atoms with Gasteiger partial charge in [-0.25, -0.2) is 0 Å². The predicted octanol–water partition coefficient (Wildman–Crippen LogP) is 2.95. The molecule has 0 aliphatic heterocycles. The molecule has 0 aromatic carbocycles. The SMILES string of the molecule is CNC1CCCCCCCC1C. The Morgan fingerprint density at radius 1 is 0.917 bits per heavy atom. The molecule has 1 nitrogen and oxygen atoms in total. The highest BCUT2D eigenvalue weighted by Crippen LogP contribution is 2.21. The van der Waals surface area contributed by atoms with Crippen molar-refractivity contribution < 1.29 is 0 Å². The summed E-state index contributed by atoms with van der Waals surface area (Å²) in [4.78, 5) is 0. The van der Waals surface area contributed by atoms with Crippen LogP contribution >= 0.6 is 0 Å². The fourth-order valence-electron chi connectivity index (χ4n) is 2.28. The molecule has 0 aromatic rings. The summed E-state index contributed by atoms with van der Waals surface area (Å²) in [5.41, 5.74) is 0. The zero-order valence-corrected chi connectivity index (χ0v) is 8.60. The third-order valence-electron chi connectivity index (χ3n) is 3.23. The van der Waals surface area contributed by atoms with E-state index < -0.39 is 0 Å². The fourth-order valence-corrected chi connectivity index (χ4v) is 2.28. The van der Waals surface area contributed by atoms with Crippen LogP contribution in [0, 0.1) is 5.92 Å². The van der Waals surface area contributed by atoms with Crippen LogP contribution in [0.15, 0.2) is 0 Å². The number of nitrogens with one attached hydrogen (secondary N) is 1. The van der Waals surface area contributed by atoms with Gasteiger partial charge in [-0.3, -0.25) is 0 Å². The van der Waals surface area contributed by atoms with Crippen molar-refractivity contribution in [3.63, 3.8) is 0 Å². The third-order valence-corrected chi connectivity index (χ3v) is 3.23. The van der Waals surface area contributed by atoms with Gasteiger partial charge in [0.05, 0.1) is 0 Å². The molecule has 0 amide bonds. The van der Waals surface area contributed by atoms with Gasteiger partial charge in [-0.2, -0.15) is 0 Å². The monoisotopic (exact) mass is 169 g/mol. The second-order valence-corrected chi connectivity index (χ2v) is 4.22. The molecule has 1 fully saturated rings. The Balaban J connectivity index is 2.35. The van der Waals surface area contributed by atoms with Gasteiger partial charge in [0.25, 0.3) is 0 Å². The van der Waals surface area contributed by atoms with Crippen LogP contribution in [0.25, 0.3) is 0 Å². The molecule has 12 heavy (non-hydrogen) atoms. The minimum absolute atomic E-state index is 0.781. The van der Waals surface area contributed by atoms with E-state index in [0.29, 0.717) is 0 Å². The van der Waals surface area contributed by atoms with Gasteiger partial charge in [0.2, 0.25) is 0 Å². The average Bonchev–Trinajstić information content (AvgIpc) is 2.17. The largest absolute Gasteiger partial charge is 0.317 e. The fraction of sp³-hybridized carbons (Fsp3) is 1.00. The molecule has 0 bridgehead atoms. The lowest BCUT2D eigenvalue weighted by molar-refractivity contribution is 0.353. The lowest BCUT2D eigenvalue weighted by atomic mass is 9.94. The highest BCUT2D eigenvalue weighted by molar-refractivity contribution is 4.73. The lowest BCUT2D eigenvalue weighted by Crippen LogP contribution is -2.31. The van der Waals surface area contributed by atoms with Crippen molar-refractivity contribution in [1.82, 2.24) is 5.32 Å². The van der Waals surface area contributed by atoms with Crippen LogP contribution in [0.3, 0.4) is 0 Å². The molecular weight excluding hydrogens is 146 g/mol. The maximum Gasteiger partial charge on any atom is 0.00896 e. The first-order valence-corrected chi connectivity index (χ1v) is 5.52. The smallest absolute Gasteiger partial charge is 0.00896 e. The summed E-state index contributed by atoms with van der Waals surface area (Å²) in [6.07, 6.45) is 10.0. The summed E-state index contributed by atoms with van der Waals surface area (Å²) in [6.45, 7) is 2.40. The van der Waals surface area contributed by atoms with Crippen molar-refractivity contribution in [2.45, 2.75) is 57.9 Å². The minimum atomic E-state index is 0.781. The molecule has 1 aliphatic rings. The quantitative estimate of drug-likeness (QED) is 0.636. The lowest BCUT2D eigenvalue weighted by Gasteiger charge is -2.22. The van der Waals surface area contributed by atoms with Crippen molar-refractivity contribution in [3.05, 3.63) is 0 Å². The molecule has 0 heterocycles. The highest BCUT2D eigenvalue weighted by atomic mass is 14.9. The predicted molar refractivity (Wildman–Crippen MR) is 54.3 cm³/mol. The molecule has 2 atom stereocenters. The molecule has 1 N–H and O–H groups in total. The van der Waals surface area contributed by atoms with Crippen LogP contribution in [0.2, 0.25) is 0 Å². The molecule has 1 aliphatic carbocycles. The van der Waals surface area contributed by atoms with Crippen LogP contribution < -0.4 is 5.32 Å². The summed E-state index contributed by atoms with van der Waals surface area (Å²) in [7, 11) is 2.11. The maximum absolute atomic E-state index is 3.45. The third kappa shape index (κ3) is 3.14. The Morgan fingerprint density at radius 3 is 2.17 bits per heavy atom. The number of hydrogen-bond acceptors (Lipinski definition) is 1. The molecule has 0 aromatic heterocycles. The van der Waals surface area contributed by atoms with E-state index in [4.69, 9.17) is 0 Å². The van der Waals surface area contributed by atoms with Crippen LogP contribution in [0.4, 0.5) is 0 Å². The average molecular weight is 169 g/mol. The second-order valence-electron chi connectivity index (χ2n) is 4.22. The molecule has 0 spiro atoms. The van der Waals surface area contributed by atoms with Crippen molar-refractivity contribution in [2.75, 3.05) is 7.05 Å². The minimum Gasteiger partial charge on any atom is -0.317 e. The Morgan fingerprint density at radius 2 is 1.50 bits per heavy atom. The first kappa shape index (κ1) is 10.0. The van der Waals surface area contributed by atoms with Crippen molar-refractivity contribution in [2.24, 2.45) is 5.92 Å². The van der Waals surface area contributed by atoms with Gasteiger partial charge in [-0.1, -0.05) is 39.0 Å². The normalized spacial score (nSPS) is 33.5. The van der Waals surface area contributed by atoms with Crippen LogP contribution in [-0.2, 0) is 0 Å². The molecular formula is C11H23N. The molecule has 1 rings (SSSR count). The van der Waals surface area contributed by atoms with E-state index in [0.717, 1.165) is 12.0 Å². The van der Waals surface area contributed by atoms with E-state index >= 15 is 0 Å². The van der Waals surface area contributed by atoms with E-state index in [1.165, 1.54) is 44.9 Å². The molecule has 72 valence electrons. The molecule has 0 radical (unpaired) electrons. The van der Waals surface area contributed by atoms with Gasteiger partial charge in [-0.05, 0) is 25.8 Å². The standard InChI is InChI=1S/C11H23N/c1-10-8-6-4-3-5-7-9-11(10)12-2/h10-12H,3-9H2,1-2H3. The van der Waals surface area contributed by atoms with Crippen LogP contribution in [0.5, 0.6) is 0 Å². The summed E-state index contributed by atoms with van der Waals surface area (Å²) in [6, 6.07) is 0.781. The number of hydrogen-bond donors (Lipinski definition) is 1. The van der Waals surface area contributed by atoms with Gasteiger partial charge in [-0.15, -0.1) is 0 Å². The summed E-state index contributed by atoms with van der Waals surface area (Å²) < 4.78 is 0. The van der Waals surface area contributed by atoms with Crippen LogP contribution in [-0.4, -0.2) is 13.1 Å². The Labute approximate surface area is 76.9 Å². The van der Waals surface area contributed by atoms with E-state index in [-0.39, 0.29) is 0 Å². The molecule has 1 heteroatoms. The van der Waals surface area contributed by atoms with Gasteiger partial charge < -0.3 is 5.32 Å². The van der Waals surface area contributed by atoms with Gasteiger partial charge >= 0.3 is 0 Å². The number of rotatable bonds is 1. The van der Waals surface area contributed by atoms with Gasteiger partial charge in [0, 0.05) is 6.04 Å². The van der Waals surface area contributed by atoms with Crippen molar-refractivity contribution in [3.8, 4) is 0 Å². The molecule has 0 saturated heterocycles. The molecule has 2 unspecified atom stereocenters. The van der Waals surface area contributed by atoms with Crippen molar-refractivity contribution in [1.29, 1.82) is 0 Å². The highest BCUT2D eigenvalue weighted by Gasteiger charge is 2.15. The van der Waals surface area contributed by atoms with Crippen LogP contribution in [0.1, 0.15) is 51.9 Å². The first-order valence-electron chi connectivity index (χ1n) is 5.52. The maximum atomic E-state index is 3.45. The zero-order chi connectivity index (χ0) is 8.81. The topological polar surface area (TPSA) is 12.0 Å². The Bertz CT molecular complexity index is 112. The Hall–Kier alpha value is -0.0400. The summed E-state index contributed by atoms with van der Waals surface area (Å²) in [5, 5.41) is 3.45. The van der Waals surface area contributed by atoms with E-state index in [2.05, 4.69) is 19.3 Å². The zero-order valence-electron chi connectivity index (χ0n) is 8.60. The van der Waals surface area contributed by atoms with E-state index in [9.17, 15) is 0 Å². The summed E-state index contributed by atoms with van der Waals surface area (Å²) in [5.74, 6) is 0.882. The van der Waals surface area contributed by atoms with Gasteiger partial charge in [0.1, 0.15) is 0 Å². The molecule has 1 saturated carbocycles. The second kappa shape index (κ2) is 5.58. The van der Waals surface area contributed by atoms with Crippen molar-refractivity contribution >= 4 is 0 Å². The van der Waals surface area contributed by atoms with E-state index in [1.54, 1.807) is 0 Å². The van der Waals surface area contributed by atoms with Gasteiger partial charge in [0.15, 0.2) is 0 Å². The summed E-state index contributed by atoms with van der Waals surface area (Å²) >= 11 is 0.